The Morgan fingerprint density at radius 3 is 2.46 bits per heavy atom. The third kappa shape index (κ3) is 4.26. The molecule has 6 nitrogen and oxygen atoms in total. The summed E-state index contributed by atoms with van der Waals surface area (Å²) in [5.74, 6) is -0.495. The highest BCUT2D eigenvalue weighted by Crippen LogP contribution is 2.22. The summed E-state index contributed by atoms with van der Waals surface area (Å²) in [5.41, 5.74) is 0.957. The van der Waals surface area contributed by atoms with Gasteiger partial charge in [0.1, 0.15) is 5.75 Å². The van der Waals surface area contributed by atoms with Crippen LogP contribution >= 0.6 is 11.6 Å². The number of ether oxygens (including phenoxy) is 1. The van der Waals surface area contributed by atoms with Crippen molar-refractivity contribution in [2.75, 3.05) is 37.7 Å². The molecule has 1 saturated heterocycles. The van der Waals surface area contributed by atoms with Crippen LogP contribution in [0.2, 0.25) is 5.02 Å². The molecule has 3 rings (SSSR count). The molecule has 1 aliphatic heterocycles. The molecule has 26 heavy (non-hydrogen) atoms. The van der Waals surface area contributed by atoms with Crippen molar-refractivity contribution in [1.29, 1.82) is 0 Å². The summed E-state index contributed by atoms with van der Waals surface area (Å²) in [6.45, 7) is 2.14. The number of carboxylic acid groups (broad SMARTS) is 1. The highest BCUT2D eigenvalue weighted by atomic mass is 35.5. The first-order chi connectivity index (χ1) is 12.5. The molecular formula is C19H19ClN2O4. The van der Waals surface area contributed by atoms with E-state index >= 15 is 0 Å². The third-order valence-corrected chi connectivity index (χ3v) is 4.50. The molecule has 0 aromatic heterocycles. The van der Waals surface area contributed by atoms with Crippen LogP contribution in [0, 0.1) is 0 Å². The smallest absolute Gasteiger partial charge is 0.337 e. The van der Waals surface area contributed by atoms with Crippen LogP contribution in [-0.4, -0.2) is 54.7 Å². The number of hydrogen-bond donors (Lipinski definition) is 1. The number of halogens is 1. The minimum atomic E-state index is -0.950. The molecule has 2 aromatic carbocycles. The number of benzene rings is 2. The number of carbonyl (C=O) groups excluding carboxylic acids is 1. The van der Waals surface area contributed by atoms with E-state index in [0.29, 0.717) is 42.6 Å². The van der Waals surface area contributed by atoms with Gasteiger partial charge in [-0.2, -0.15) is 0 Å². The molecule has 0 saturated carbocycles. The van der Waals surface area contributed by atoms with Gasteiger partial charge < -0.3 is 19.6 Å². The summed E-state index contributed by atoms with van der Waals surface area (Å²) in [4.78, 5) is 27.4. The summed E-state index contributed by atoms with van der Waals surface area (Å²) in [5, 5.41) is 9.87. The van der Waals surface area contributed by atoms with E-state index < -0.39 is 5.97 Å². The molecule has 0 unspecified atom stereocenters. The minimum absolute atomic E-state index is 0.0495. The predicted molar refractivity (Wildman–Crippen MR) is 99.1 cm³/mol. The van der Waals surface area contributed by atoms with Crippen molar-refractivity contribution >= 4 is 29.2 Å². The lowest BCUT2D eigenvalue weighted by Gasteiger charge is -2.36. The molecule has 0 bridgehead atoms. The number of anilines is 1. The fraction of sp³-hybridized carbons (Fsp3) is 0.263. The van der Waals surface area contributed by atoms with E-state index in [1.165, 1.54) is 0 Å². The van der Waals surface area contributed by atoms with E-state index in [1.54, 1.807) is 47.4 Å². The molecule has 2 aromatic rings. The van der Waals surface area contributed by atoms with Crippen LogP contribution in [0.4, 0.5) is 5.69 Å². The van der Waals surface area contributed by atoms with Gasteiger partial charge in [0.2, 0.25) is 0 Å². The number of aromatic carboxylic acids is 1. The third-order valence-electron chi connectivity index (χ3n) is 4.27. The Bertz CT molecular complexity index is 804. The van der Waals surface area contributed by atoms with Crippen LogP contribution in [0.1, 0.15) is 10.4 Å². The second kappa shape index (κ2) is 8.10. The Kier molecular flexibility index (Phi) is 5.63. The average Bonchev–Trinajstić information content (AvgIpc) is 2.66. The van der Waals surface area contributed by atoms with E-state index in [4.69, 9.17) is 16.3 Å². The van der Waals surface area contributed by atoms with Crippen molar-refractivity contribution in [3.8, 4) is 5.75 Å². The highest BCUT2D eigenvalue weighted by molar-refractivity contribution is 6.30. The van der Waals surface area contributed by atoms with Crippen molar-refractivity contribution in [2.24, 2.45) is 0 Å². The Morgan fingerprint density at radius 2 is 1.77 bits per heavy atom. The topological polar surface area (TPSA) is 70.1 Å². The summed E-state index contributed by atoms with van der Waals surface area (Å²) in [6, 6.07) is 13.8. The predicted octanol–water partition coefficient (Wildman–Crippen LogP) is 2.77. The SMILES string of the molecule is O=C(O)c1ccccc1N1CCN(C(=O)COc2cccc(Cl)c2)CC1. The molecule has 0 radical (unpaired) electrons. The monoisotopic (exact) mass is 374 g/mol. The van der Waals surface area contributed by atoms with Crippen LogP contribution in [-0.2, 0) is 4.79 Å². The van der Waals surface area contributed by atoms with Crippen molar-refractivity contribution in [1.82, 2.24) is 4.90 Å². The first-order valence-electron chi connectivity index (χ1n) is 8.28. The fourth-order valence-corrected chi connectivity index (χ4v) is 3.10. The lowest BCUT2D eigenvalue weighted by molar-refractivity contribution is -0.133. The fourth-order valence-electron chi connectivity index (χ4n) is 2.92. The number of rotatable bonds is 5. The van der Waals surface area contributed by atoms with Gasteiger partial charge in [0.15, 0.2) is 6.61 Å². The molecule has 1 heterocycles. The number of hydrogen-bond acceptors (Lipinski definition) is 4. The lowest BCUT2D eigenvalue weighted by atomic mass is 10.1. The molecular weight excluding hydrogens is 356 g/mol. The van der Waals surface area contributed by atoms with E-state index in [2.05, 4.69) is 0 Å². The molecule has 1 amide bonds. The lowest BCUT2D eigenvalue weighted by Crippen LogP contribution is -2.50. The van der Waals surface area contributed by atoms with Crippen molar-refractivity contribution in [2.45, 2.75) is 0 Å². The summed E-state index contributed by atoms with van der Waals surface area (Å²) in [6.07, 6.45) is 0. The maximum Gasteiger partial charge on any atom is 0.337 e. The number of nitrogens with zero attached hydrogens (tertiary/aromatic N) is 2. The van der Waals surface area contributed by atoms with Gasteiger partial charge in [-0.15, -0.1) is 0 Å². The van der Waals surface area contributed by atoms with Gasteiger partial charge in [0.05, 0.1) is 11.3 Å². The van der Waals surface area contributed by atoms with Crippen LogP contribution in [0.3, 0.4) is 0 Å². The number of carboxylic acids is 1. The molecule has 1 N–H and O–H groups in total. The zero-order valence-corrected chi connectivity index (χ0v) is 14.9. The molecule has 1 aliphatic rings. The largest absolute Gasteiger partial charge is 0.484 e. The van der Waals surface area contributed by atoms with Crippen LogP contribution in [0.25, 0.3) is 0 Å². The number of para-hydroxylation sites is 1. The van der Waals surface area contributed by atoms with Crippen molar-refractivity contribution in [3.05, 3.63) is 59.1 Å². The van der Waals surface area contributed by atoms with Crippen LogP contribution in [0.15, 0.2) is 48.5 Å². The Hall–Kier alpha value is -2.73. The van der Waals surface area contributed by atoms with E-state index in [1.807, 2.05) is 11.0 Å². The van der Waals surface area contributed by atoms with Gasteiger partial charge in [0, 0.05) is 31.2 Å². The van der Waals surface area contributed by atoms with Crippen LogP contribution in [0.5, 0.6) is 5.75 Å². The Labute approximate surface area is 156 Å². The average molecular weight is 375 g/mol. The molecule has 1 fully saturated rings. The maximum atomic E-state index is 12.3. The first kappa shape index (κ1) is 18.1. The first-order valence-corrected chi connectivity index (χ1v) is 8.66. The Balaban J connectivity index is 1.55. The second-order valence-corrected chi connectivity index (χ2v) is 6.37. The van der Waals surface area contributed by atoms with Gasteiger partial charge in [0.25, 0.3) is 5.91 Å². The molecule has 7 heteroatoms. The molecule has 0 spiro atoms. The zero-order valence-electron chi connectivity index (χ0n) is 14.1. The summed E-state index contributed by atoms with van der Waals surface area (Å²) in [7, 11) is 0. The molecule has 0 atom stereocenters. The van der Waals surface area contributed by atoms with Gasteiger partial charge in [-0.1, -0.05) is 29.8 Å². The van der Waals surface area contributed by atoms with Gasteiger partial charge in [-0.3, -0.25) is 4.79 Å². The summed E-state index contributed by atoms with van der Waals surface area (Å²) < 4.78 is 5.50. The standard InChI is InChI=1S/C19H19ClN2O4/c20-14-4-3-5-15(12-14)26-13-18(23)22-10-8-21(9-11-22)17-7-2-1-6-16(17)19(24)25/h1-7,12H,8-11,13H2,(H,24,25). The van der Waals surface area contributed by atoms with Crippen LogP contribution < -0.4 is 9.64 Å². The van der Waals surface area contributed by atoms with Gasteiger partial charge in [-0.05, 0) is 30.3 Å². The second-order valence-electron chi connectivity index (χ2n) is 5.94. The number of carbonyl (C=O) groups is 2. The normalized spacial score (nSPS) is 14.2. The zero-order chi connectivity index (χ0) is 18.5. The van der Waals surface area contributed by atoms with Gasteiger partial charge >= 0.3 is 5.97 Å². The van der Waals surface area contributed by atoms with Crippen molar-refractivity contribution in [3.63, 3.8) is 0 Å². The number of piperazine rings is 1. The Morgan fingerprint density at radius 1 is 1.04 bits per heavy atom. The quantitative estimate of drug-likeness (QED) is 0.871. The maximum absolute atomic E-state index is 12.3. The minimum Gasteiger partial charge on any atom is -0.484 e. The van der Waals surface area contributed by atoms with Crippen molar-refractivity contribution < 1.29 is 19.4 Å². The summed E-state index contributed by atoms with van der Waals surface area (Å²) >= 11 is 5.90. The van der Waals surface area contributed by atoms with E-state index in [-0.39, 0.29) is 18.1 Å². The van der Waals surface area contributed by atoms with E-state index in [0.717, 1.165) is 0 Å². The number of amides is 1. The van der Waals surface area contributed by atoms with Gasteiger partial charge in [-0.25, -0.2) is 4.79 Å². The molecule has 0 aliphatic carbocycles. The molecule has 136 valence electrons. The van der Waals surface area contributed by atoms with E-state index in [9.17, 15) is 14.7 Å². The highest BCUT2D eigenvalue weighted by Gasteiger charge is 2.24.